The number of carbonyl (C=O) groups excluding carboxylic acids is 1. The van der Waals surface area contributed by atoms with Gasteiger partial charge in [0.05, 0.1) is 5.69 Å². The number of carbonyl (C=O) groups is 1. The molecule has 3 N–H and O–H groups in total. The summed E-state index contributed by atoms with van der Waals surface area (Å²) in [7, 11) is 0. The summed E-state index contributed by atoms with van der Waals surface area (Å²) in [5.41, 5.74) is 7.73. The third-order valence-electron chi connectivity index (χ3n) is 3.15. The molecule has 6 nitrogen and oxygen atoms in total. The number of hydrogen-bond acceptors (Lipinski definition) is 5. The van der Waals surface area contributed by atoms with E-state index < -0.39 is 6.10 Å². The Kier molecular flexibility index (Phi) is 2.61. The monoisotopic (exact) mass is 269 g/mol. The van der Waals surface area contributed by atoms with E-state index in [9.17, 15) is 4.79 Å². The molecule has 0 fully saturated rings. The van der Waals surface area contributed by atoms with Gasteiger partial charge in [0.2, 0.25) is 5.88 Å². The van der Waals surface area contributed by atoms with Crippen LogP contribution in [0.4, 0.5) is 11.6 Å². The van der Waals surface area contributed by atoms with Crippen LogP contribution >= 0.6 is 0 Å². The van der Waals surface area contributed by atoms with Crippen molar-refractivity contribution >= 4 is 17.5 Å². The molecule has 1 aromatic carbocycles. The van der Waals surface area contributed by atoms with Crippen LogP contribution in [0.1, 0.15) is 12.5 Å². The molecule has 1 atom stereocenters. The summed E-state index contributed by atoms with van der Waals surface area (Å²) in [5, 5.41) is 11.8. The molecule has 6 heteroatoms. The standard InChI is InChI=1S/C14H11N3O3/c1-7-14(18)17-11-4-8(2-3-12(11)20-7)10-6-19-13(16)9(10)5-15/h2-4,6-7H,16H2,1H3,(H,17,18). The molecular weight excluding hydrogens is 258 g/mol. The first kappa shape index (κ1) is 12.1. The van der Waals surface area contributed by atoms with E-state index >= 15 is 0 Å². The van der Waals surface area contributed by atoms with Crippen molar-refractivity contribution in [1.82, 2.24) is 0 Å². The maximum Gasteiger partial charge on any atom is 0.265 e. The molecule has 1 aliphatic rings. The summed E-state index contributed by atoms with van der Waals surface area (Å²) in [6, 6.07) is 7.25. The summed E-state index contributed by atoms with van der Waals surface area (Å²) in [6.45, 7) is 1.68. The molecule has 0 aliphatic carbocycles. The third kappa shape index (κ3) is 1.77. The number of nitrogens with two attached hydrogens (primary N) is 1. The minimum absolute atomic E-state index is 0.0779. The lowest BCUT2D eigenvalue weighted by Crippen LogP contribution is -2.34. The van der Waals surface area contributed by atoms with Gasteiger partial charge < -0.3 is 20.2 Å². The van der Waals surface area contributed by atoms with Gasteiger partial charge in [-0.2, -0.15) is 5.26 Å². The van der Waals surface area contributed by atoms with Crippen LogP contribution in [-0.4, -0.2) is 12.0 Å². The zero-order valence-corrected chi connectivity index (χ0v) is 10.6. The first-order chi connectivity index (χ1) is 9.60. The van der Waals surface area contributed by atoms with Crippen molar-refractivity contribution in [2.24, 2.45) is 0 Å². The Balaban J connectivity index is 2.07. The number of nitriles is 1. The molecule has 1 aromatic heterocycles. The summed E-state index contributed by atoms with van der Waals surface area (Å²) in [5.74, 6) is 0.465. The van der Waals surface area contributed by atoms with Crippen molar-refractivity contribution < 1.29 is 13.9 Å². The minimum atomic E-state index is -0.521. The Morgan fingerprint density at radius 3 is 3.00 bits per heavy atom. The molecule has 2 aromatic rings. The number of nitrogen functional groups attached to an aromatic ring is 1. The van der Waals surface area contributed by atoms with Crippen LogP contribution in [-0.2, 0) is 4.79 Å². The summed E-state index contributed by atoms with van der Waals surface area (Å²) < 4.78 is 10.5. The van der Waals surface area contributed by atoms with Crippen molar-refractivity contribution in [2.45, 2.75) is 13.0 Å². The fourth-order valence-corrected chi connectivity index (χ4v) is 2.08. The average Bonchev–Trinajstić information content (AvgIpc) is 2.80. The second kappa shape index (κ2) is 4.31. The zero-order valence-electron chi connectivity index (χ0n) is 10.6. The van der Waals surface area contributed by atoms with Gasteiger partial charge in [0.1, 0.15) is 23.6 Å². The Labute approximate surface area is 114 Å². The average molecular weight is 269 g/mol. The molecule has 0 saturated carbocycles. The topological polar surface area (TPSA) is 101 Å². The lowest BCUT2D eigenvalue weighted by atomic mass is 10.0. The van der Waals surface area contributed by atoms with Gasteiger partial charge in [-0.3, -0.25) is 4.79 Å². The highest BCUT2D eigenvalue weighted by atomic mass is 16.5. The van der Waals surface area contributed by atoms with Gasteiger partial charge >= 0.3 is 0 Å². The number of nitrogens with one attached hydrogen (secondary N) is 1. The van der Waals surface area contributed by atoms with Crippen molar-refractivity contribution in [3.05, 3.63) is 30.0 Å². The van der Waals surface area contributed by atoms with E-state index in [4.69, 9.17) is 20.1 Å². The molecule has 2 heterocycles. The number of nitrogens with zero attached hydrogens (tertiary/aromatic N) is 1. The van der Waals surface area contributed by atoms with Crippen LogP contribution in [0.3, 0.4) is 0 Å². The van der Waals surface area contributed by atoms with E-state index in [2.05, 4.69) is 5.32 Å². The third-order valence-corrected chi connectivity index (χ3v) is 3.15. The van der Waals surface area contributed by atoms with Gasteiger partial charge in [-0.1, -0.05) is 6.07 Å². The number of anilines is 2. The number of rotatable bonds is 1. The second-order valence-electron chi connectivity index (χ2n) is 4.46. The fourth-order valence-electron chi connectivity index (χ4n) is 2.08. The van der Waals surface area contributed by atoms with Gasteiger partial charge in [-0.05, 0) is 24.6 Å². The Bertz CT molecular complexity index is 743. The van der Waals surface area contributed by atoms with E-state index in [-0.39, 0.29) is 17.4 Å². The predicted octanol–water partition coefficient (Wildman–Crippen LogP) is 2.12. The normalized spacial score (nSPS) is 16.8. The number of furan rings is 1. The van der Waals surface area contributed by atoms with E-state index in [0.717, 1.165) is 5.56 Å². The van der Waals surface area contributed by atoms with Crippen LogP contribution in [0.5, 0.6) is 5.75 Å². The SMILES string of the molecule is CC1Oc2ccc(-c3coc(N)c3C#N)cc2NC1=O. The van der Waals surface area contributed by atoms with Crippen molar-refractivity contribution in [1.29, 1.82) is 5.26 Å². The molecule has 1 aliphatic heterocycles. The lowest BCUT2D eigenvalue weighted by Gasteiger charge is -2.23. The Hall–Kier alpha value is -2.94. The lowest BCUT2D eigenvalue weighted by molar-refractivity contribution is -0.122. The molecule has 1 amide bonds. The van der Waals surface area contributed by atoms with Crippen LogP contribution in [0.2, 0.25) is 0 Å². The summed E-state index contributed by atoms with van der Waals surface area (Å²) >= 11 is 0. The van der Waals surface area contributed by atoms with E-state index in [1.807, 2.05) is 6.07 Å². The predicted molar refractivity (Wildman–Crippen MR) is 72.0 cm³/mol. The van der Waals surface area contributed by atoms with Gasteiger partial charge in [0.25, 0.3) is 5.91 Å². The maximum atomic E-state index is 11.6. The van der Waals surface area contributed by atoms with Gasteiger partial charge in [0.15, 0.2) is 6.10 Å². The highest BCUT2D eigenvalue weighted by molar-refractivity contribution is 5.98. The van der Waals surface area contributed by atoms with Gasteiger partial charge in [-0.15, -0.1) is 0 Å². The van der Waals surface area contributed by atoms with Crippen molar-refractivity contribution in [3.8, 4) is 22.9 Å². The fraction of sp³-hybridized carbons (Fsp3) is 0.143. The molecule has 0 spiro atoms. The zero-order chi connectivity index (χ0) is 14.3. The van der Waals surface area contributed by atoms with Crippen LogP contribution in [0.25, 0.3) is 11.1 Å². The quantitative estimate of drug-likeness (QED) is 0.825. The summed E-state index contributed by atoms with van der Waals surface area (Å²) in [6.07, 6.45) is 0.900. The molecule has 1 unspecified atom stereocenters. The number of fused-ring (bicyclic) bond motifs is 1. The number of benzene rings is 1. The molecule has 0 saturated heterocycles. The molecule has 100 valence electrons. The van der Waals surface area contributed by atoms with E-state index in [1.54, 1.807) is 25.1 Å². The van der Waals surface area contributed by atoms with Crippen molar-refractivity contribution in [2.75, 3.05) is 11.1 Å². The first-order valence-electron chi connectivity index (χ1n) is 5.99. The van der Waals surface area contributed by atoms with E-state index in [0.29, 0.717) is 17.0 Å². The van der Waals surface area contributed by atoms with Gasteiger partial charge in [0, 0.05) is 5.56 Å². The van der Waals surface area contributed by atoms with Crippen LogP contribution in [0, 0.1) is 11.3 Å². The molecular formula is C14H11N3O3. The largest absolute Gasteiger partial charge is 0.479 e. The first-order valence-corrected chi connectivity index (χ1v) is 5.99. The van der Waals surface area contributed by atoms with Crippen LogP contribution in [0.15, 0.2) is 28.9 Å². The Morgan fingerprint density at radius 2 is 2.25 bits per heavy atom. The minimum Gasteiger partial charge on any atom is -0.479 e. The van der Waals surface area contributed by atoms with Crippen LogP contribution < -0.4 is 15.8 Å². The number of amides is 1. The highest BCUT2D eigenvalue weighted by Crippen LogP contribution is 2.36. The molecule has 3 rings (SSSR count). The number of ether oxygens (including phenoxy) is 1. The number of hydrogen-bond donors (Lipinski definition) is 2. The molecule has 0 radical (unpaired) electrons. The second-order valence-corrected chi connectivity index (χ2v) is 4.46. The molecule has 0 bridgehead atoms. The highest BCUT2D eigenvalue weighted by Gasteiger charge is 2.24. The molecule has 20 heavy (non-hydrogen) atoms. The van der Waals surface area contributed by atoms with E-state index in [1.165, 1.54) is 6.26 Å². The smallest absolute Gasteiger partial charge is 0.265 e. The maximum absolute atomic E-state index is 11.6. The van der Waals surface area contributed by atoms with Crippen molar-refractivity contribution in [3.63, 3.8) is 0 Å². The van der Waals surface area contributed by atoms with Gasteiger partial charge in [-0.25, -0.2) is 0 Å². The Morgan fingerprint density at radius 1 is 1.45 bits per heavy atom. The summed E-state index contributed by atoms with van der Waals surface area (Å²) in [4.78, 5) is 11.6.